The van der Waals surface area contributed by atoms with Crippen LogP contribution in [0.1, 0.15) is 44.1 Å². The normalized spacial score (nSPS) is 26.7. The average Bonchev–Trinajstić information content (AvgIpc) is 2.84. The molecule has 0 bridgehead atoms. The van der Waals surface area contributed by atoms with Crippen molar-refractivity contribution in [2.24, 2.45) is 23.5 Å². The summed E-state index contributed by atoms with van der Waals surface area (Å²) in [6.45, 7) is 3.35. The van der Waals surface area contributed by atoms with Crippen LogP contribution in [0.15, 0.2) is 29.2 Å². The van der Waals surface area contributed by atoms with E-state index < -0.39 is 10.0 Å². The number of rotatable bonds is 5. The van der Waals surface area contributed by atoms with Gasteiger partial charge in [0, 0.05) is 32.7 Å². The Morgan fingerprint density at radius 1 is 1.06 bits per heavy atom. The summed E-state index contributed by atoms with van der Waals surface area (Å²) in [5, 5.41) is 0. The summed E-state index contributed by atoms with van der Waals surface area (Å²) in [5.74, 6) is 0.532. The second-order valence-electron chi connectivity index (χ2n) is 9.20. The highest BCUT2D eigenvalue weighted by Gasteiger charge is 2.41. The van der Waals surface area contributed by atoms with Gasteiger partial charge in [-0.2, -0.15) is 4.31 Å². The van der Waals surface area contributed by atoms with Crippen LogP contribution in [-0.4, -0.2) is 62.9 Å². The van der Waals surface area contributed by atoms with E-state index in [0.29, 0.717) is 45.3 Å². The van der Waals surface area contributed by atoms with E-state index in [4.69, 9.17) is 10.5 Å². The first-order valence-corrected chi connectivity index (χ1v) is 13.1. The Morgan fingerprint density at radius 2 is 1.81 bits per heavy atom. The molecular weight excluding hydrogens is 414 g/mol. The van der Waals surface area contributed by atoms with E-state index in [-0.39, 0.29) is 29.2 Å². The molecule has 2 N–H and O–H groups in total. The second-order valence-corrected chi connectivity index (χ2v) is 11.1. The summed E-state index contributed by atoms with van der Waals surface area (Å²) in [5.41, 5.74) is 6.53. The number of piperidine rings is 1. The van der Waals surface area contributed by atoms with Crippen molar-refractivity contribution in [2.75, 3.05) is 39.4 Å². The van der Waals surface area contributed by atoms with Crippen molar-refractivity contribution < 1.29 is 17.9 Å². The quantitative estimate of drug-likeness (QED) is 0.744. The minimum atomic E-state index is -3.68. The Kier molecular flexibility index (Phi) is 7.31. The maximum absolute atomic E-state index is 13.6. The largest absolute Gasteiger partial charge is 0.378 e. The molecule has 1 saturated carbocycles. The second kappa shape index (κ2) is 9.98. The number of sulfonamides is 1. The molecule has 2 atom stereocenters. The van der Waals surface area contributed by atoms with Gasteiger partial charge >= 0.3 is 0 Å². The third-order valence-corrected chi connectivity index (χ3v) is 9.04. The summed E-state index contributed by atoms with van der Waals surface area (Å²) >= 11 is 0. The van der Waals surface area contributed by atoms with Gasteiger partial charge in [-0.3, -0.25) is 4.79 Å². The number of amides is 1. The highest BCUT2D eigenvalue weighted by molar-refractivity contribution is 7.89. The monoisotopic (exact) mass is 449 g/mol. The fourth-order valence-electron chi connectivity index (χ4n) is 5.44. The van der Waals surface area contributed by atoms with E-state index in [1.54, 1.807) is 22.5 Å². The number of hydrogen-bond donors (Lipinski definition) is 1. The van der Waals surface area contributed by atoms with Gasteiger partial charge < -0.3 is 15.4 Å². The smallest absolute Gasteiger partial charge is 0.243 e. The Labute approximate surface area is 186 Å². The zero-order chi connectivity index (χ0) is 21.8. The van der Waals surface area contributed by atoms with Gasteiger partial charge in [0.2, 0.25) is 15.9 Å². The predicted molar refractivity (Wildman–Crippen MR) is 119 cm³/mol. The van der Waals surface area contributed by atoms with Crippen LogP contribution >= 0.6 is 0 Å². The number of hydrogen-bond acceptors (Lipinski definition) is 5. The summed E-state index contributed by atoms with van der Waals surface area (Å²) < 4.78 is 34.1. The number of ether oxygens (including phenoxy) is 1. The van der Waals surface area contributed by atoms with Gasteiger partial charge in [-0.1, -0.05) is 44.2 Å². The van der Waals surface area contributed by atoms with Crippen molar-refractivity contribution in [1.29, 1.82) is 0 Å². The predicted octanol–water partition coefficient (Wildman–Crippen LogP) is 2.21. The zero-order valence-electron chi connectivity index (χ0n) is 18.2. The summed E-state index contributed by atoms with van der Waals surface area (Å²) in [6.07, 6.45) is 6.73. The van der Waals surface area contributed by atoms with Crippen LogP contribution < -0.4 is 5.73 Å². The molecule has 1 amide bonds. The SMILES string of the molecule is NCc1cccc(S(=O)(=O)N2CC(C3CCCCC3)C[C@H](C(=O)N3CCOCC3)C2)c1. The van der Waals surface area contributed by atoms with Crippen molar-refractivity contribution in [1.82, 2.24) is 9.21 Å². The molecule has 3 aliphatic rings. The van der Waals surface area contributed by atoms with Crippen LogP contribution in [0.3, 0.4) is 0 Å². The lowest BCUT2D eigenvalue weighted by Gasteiger charge is -2.42. The molecule has 2 saturated heterocycles. The van der Waals surface area contributed by atoms with Crippen molar-refractivity contribution in [3.63, 3.8) is 0 Å². The van der Waals surface area contributed by atoms with E-state index >= 15 is 0 Å². The van der Waals surface area contributed by atoms with Crippen LogP contribution in [0.4, 0.5) is 0 Å². The summed E-state index contributed by atoms with van der Waals surface area (Å²) in [4.78, 5) is 15.5. The first-order chi connectivity index (χ1) is 15.0. The zero-order valence-corrected chi connectivity index (χ0v) is 19.1. The Hall–Kier alpha value is -1.48. The van der Waals surface area contributed by atoms with Crippen molar-refractivity contribution in [3.05, 3.63) is 29.8 Å². The number of nitrogens with two attached hydrogens (primary N) is 1. The number of carbonyl (C=O) groups is 1. The highest BCUT2D eigenvalue weighted by atomic mass is 32.2. The lowest BCUT2D eigenvalue weighted by molar-refractivity contribution is -0.141. The van der Waals surface area contributed by atoms with Crippen molar-refractivity contribution in [3.8, 4) is 0 Å². The molecule has 31 heavy (non-hydrogen) atoms. The van der Waals surface area contributed by atoms with Gasteiger partial charge in [0.1, 0.15) is 0 Å². The van der Waals surface area contributed by atoms with Gasteiger partial charge in [0.25, 0.3) is 0 Å². The van der Waals surface area contributed by atoms with E-state index in [1.165, 1.54) is 19.3 Å². The van der Waals surface area contributed by atoms with Crippen LogP contribution in [0.5, 0.6) is 0 Å². The van der Waals surface area contributed by atoms with Gasteiger partial charge in [-0.25, -0.2) is 8.42 Å². The molecule has 8 heteroatoms. The highest BCUT2D eigenvalue weighted by Crippen LogP contribution is 2.38. The maximum Gasteiger partial charge on any atom is 0.243 e. The lowest BCUT2D eigenvalue weighted by Crippen LogP contribution is -2.52. The minimum Gasteiger partial charge on any atom is -0.378 e. The molecule has 2 aliphatic heterocycles. The van der Waals surface area contributed by atoms with Crippen LogP contribution in [0.2, 0.25) is 0 Å². The molecule has 2 heterocycles. The molecule has 1 aliphatic carbocycles. The molecule has 3 fully saturated rings. The van der Waals surface area contributed by atoms with E-state index in [9.17, 15) is 13.2 Å². The topological polar surface area (TPSA) is 92.9 Å². The maximum atomic E-state index is 13.6. The number of morpholine rings is 1. The standard InChI is InChI=1S/C23H35N3O4S/c24-15-18-5-4-8-22(13-18)31(28,29)26-16-20(19-6-2-1-3-7-19)14-21(17-26)23(27)25-9-11-30-12-10-25/h4-5,8,13,19-21H,1-3,6-7,9-12,14-17,24H2/t20?,21-/m0/s1. The Bertz CT molecular complexity index is 863. The minimum absolute atomic E-state index is 0.0831. The number of nitrogens with zero attached hydrogens (tertiary/aromatic N) is 2. The molecule has 0 radical (unpaired) electrons. The molecule has 1 unspecified atom stereocenters. The first kappa shape index (κ1) is 22.7. The molecule has 172 valence electrons. The molecule has 1 aromatic carbocycles. The third-order valence-electron chi connectivity index (χ3n) is 7.21. The molecule has 0 aromatic heterocycles. The van der Waals surface area contributed by atoms with Crippen LogP contribution in [0.25, 0.3) is 0 Å². The van der Waals surface area contributed by atoms with Gasteiger partial charge in [-0.05, 0) is 36.0 Å². The lowest BCUT2D eigenvalue weighted by atomic mass is 9.74. The number of carbonyl (C=O) groups excluding carboxylic acids is 1. The van der Waals surface area contributed by atoms with Crippen LogP contribution in [-0.2, 0) is 26.1 Å². The summed E-state index contributed by atoms with van der Waals surface area (Å²) in [6, 6.07) is 6.88. The Balaban J connectivity index is 1.59. The van der Waals surface area contributed by atoms with Crippen molar-refractivity contribution in [2.45, 2.75) is 50.0 Å². The van der Waals surface area contributed by atoms with Crippen molar-refractivity contribution >= 4 is 15.9 Å². The molecule has 7 nitrogen and oxygen atoms in total. The molecule has 0 spiro atoms. The Morgan fingerprint density at radius 3 is 2.52 bits per heavy atom. The van der Waals surface area contributed by atoms with Gasteiger partial charge in [0.05, 0.1) is 24.0 Å². The number of benzene rings is 1. The fraction of sp³-hybridized carbons (Fsp3) is 0.696. The van der Waals surface area contributed by atoms with Gasteiger partial charge in [-0.15, -0.1) is 0 Å². The third kappa shape index (κ3) is 5.13. The van der Waals surface area contributed by atoms with E-state index in [0.717, 1.165) is 24.8 Å². The molecular formula is C23H35N3O4S. The van der Waals surface area contributed by atoms with E-state index in [2.05, 4.69) is 0 Å². The molecule has 4 rings (SSSR count). The molecule has 1 aromatic rings. The summed E-state index contributed by atoms with van der Waals surface area (Å²) in [7, 11) is -3.68. The first-order valence-electron chi connectivity index (χ1n) is 11.6. The van der Waals surface area contributed by atoms with Crippen LogP contribution in [0, 0.1) is 17.8 Å². The van der Waals surface area contributed by atoms with E-state index in [1.807, 2.05) is 11.0 Å². The average molecular weight is 450 g/mol. The fourth-order valence-corrected chi connectivity index (χ4v) is 7.06. The van der Waals surface area contributed by atoms with Gasteiger partial charge in [0.15, 0.2) is 0 Å².